The van der Waals surface area contributed by atoms with Crippen molar-refractivity contribution in [2.75, 3.05) is 23.1 Å². The minimum atomic E-state index is -3.68. The maximum atomic E-state index is 12.8. The van der Waals surface area contributed by atoms with Gasteiger partial charge in [-0.2, -0.15) is 0 Å². The fourth-order valence-electron chi connectivity index (χ4n) is 3.65. The van der Waals surface area contributed by atoms with Crippen LogP contribution < -0.4 is 10.0 Å². The van der Waals surface area contributed by atoms with Crippen molar-refractivity contribution in [1.82, 2.24) is 4.90 Å². The minimum Gasteiger partial charge on any atom is -0.341 e. The van der Waals surface area contributed by atoms with E-state index in [0.29, 0.717) is 24.5 Å². The molecule has 2 aromatic rings. The normalized spacial score (nSPS) is 17.0. The molecule has 1 aliphatic heterocycles. The molecule has 32 heavy (non-hydrogen) atoms. The first kappa shape index (κ1) is 23.8. The van der Waals surface area contributed by atoms with E-state index in [0.717, 1.165) is 18.4 Å². The van der Waals surface area contributed by atoms with Crippen LogP contribution in [0.5, 0.6) is 0 Å². The van der Waals surface area contributed by atoms with Gasteiger partial charge in [-0.3, -0.25) is 14.3 Å². The Balaban J connectivity index is 1.61. The van der Waals surface area contributed by atoms with Crippen molar-refractivity contribution in [1.29, 1.82) is 0 Å². The molecule has 0 bridgehead atoms. The number of nitrogens with one attached hydrogen (secondary N) is 2. The Kier molecular flexibility index (Phi) is 6.93. The highest BCUT2D eigenvalue weighted by Gasteiger charge is 2.33. The molecule has 0 saturated carbocycles. The second-order valence-electron chi connectivity index (χ2n) is 9.33. The molecule has 2 aromatic carbocycles. The number of rotatable bonds is 5. The summed E-state index contributed by atoms with van der Waals surface area (Å²) in [6.07, 6.45) is 1.52. The molecule has 0 radical (unpaired) electrons. The van der Waals surface area contributed by atoms with Crippen molar-refractivity contribution < 1.29 is 18.0 Å². The maximum absolute atomic E-state index is 12.8. The lowest BCUT2D eigenvalue weighted by atomic mass is 9.91. The molecule has 7 nitrogen and oxygen atoms in total. The van der Waals surface area contributed by atoms with Crippen LogP contribution in [0.2, 0.25) is 0 Å². The largest absolute Gasteiger partial charge is 0.341 e. The van der Waals surface area contributed by atoms with Crippen LogP contribution in [0.25, 0.3) is 0 Å². The van der Waals surface area contributed by atoms with Crippen molar-refractivity contribution in [3.8, 4) is 0 Å². The van der Waals surface area contributed by atoms with E-state index in [9.17, 15) is 18.0 Å². The molecule has 0 aliphatic carbocycles. The second kappa shape index (κ2) is 9.32. The number of carbonyl (C=O) groups is 2. The van der Waals surface area contributed by atoms with Gasteiger partial charge in [0, 0.05) is 29.9 Å². The maximum Gasteiger partial charge on any atom is 0.261 e. The number of anilines is 2. The van der Waals surface area contributed by atoms with Gasteiger partial charge in [0.05, 0.1) is 10.8 Å². The van der Waals surface area contributed by atoms with Crippen molar-refractivity contribution in [3.63, 3.8) is 0 Å². The molecule has 1 heterocycles. The number of sulfonamides is 1. The molecule has 8 heteroatoms. The van der Waals surface area contributed by atoms with Crippen LogP contribution >= 0.6 is 0 Å². The molecule has 0 aromatic heterocycles. The summed E-state index contributed by atoms with van der Waals surface area (Å²) in [5, 5.41) is 2.88. The zero-order chi connectivity index (χ0) is 23.5. The van der Waals surface area contributed by atoms with Crippen LogP contribution in [0.4, 0.5) is 11.4 Å². The third-order valence-corrected chi connectivity index (χ3v) is 6.85. The van der Waals surface area contributed by atoms with Gasteiger partial charge < -0.3 is 10.2 Å². The zero-order valence-electron chi connectivity index (χ0n) is 19.0. The third-order valence-electron chi connectivity index (χ3n) is 5.46. The highest BCUT2D eigenvalue weighted by atomic mass is 32.2. The summed E-state index contributed by atoms with van der Waals surface area (Å²) in [4.78, 5) is 27.3. The van der Waals surface area contributed by atoms with Crippen LogP contribution in [-0.4, -0.2) is 38.2 Å². The smallest absolute Gasteiger partial charge is 0.261 e. The summed E-state index contributed by atoms with van der Waals surface area (Å²) >= 11 is 0. The summed E-state index contributed by atoms with van der Waals surface area (Å²) in [6.45, 7) is 8.63. The Hall–Kier alpha value is -2.87. The van der Waals surface area contributed by atoms with E-state index in [1.165, 1.54) is 0 Å². The predicted molar refractivity (Wildman–Crippen MR) is 126 cm³/mol. The first-order valence-electron chi connectivity index (χ1n) is 10.8. The van der Waals surface area contributed by atoms with Crippen LogP contribution in [0.3, 0.4) is 0 Å². The molecule has 2 N–H and O–H groups in total. The number of hydrogen-bond donors (Lipinski definition) is 2. The molecule has 3 rings (SSSR count). The fraction of sp³-hybridized carbons (Fsp3) is 0.417. The highest BCUT2D eigenvalue weighted by molar-refractivity contribution is 7.92. The van der Waals surface area contributed by atoms with Crippen LogP contribution in [0, 0.1) is 18.3 Å². The number of piperidine rings is 1. The van der Waals surface area contributed by atoms with E-state index in [-0.39, 0.29) is 22.6 Å². The summed E-state index contributed by atoms with van der Waals surface area (Å²) in [5.74, 6) is -0.348. The number of amides is 2. The van der Waals surface area contributed by atoms with Crippen LogP contribution in [0.1, 0.15) is 39.2 Å². The Bertz CT molecular complexity index is 1070. The number of nitrogens with zero attached hydrogens (tertiary/aromatic N) is 1. The Morgan fingerprint density at radius 1 is 0.969 bits per heavy atom. The van der Waals surface area contributed by atoms with Crippen molar-refractivity contribution >= 4 is 33.2 Å². The van der Waals surface area contributed by atoms with Gasteiger partial charge >= 0.3 is 0 Å². The van der Waals surface area contributed by atoms with Gasteiger partial charge in [0.15, 0.2) is 0 Å². The van der Waals surface area contributed by atoms with E-state index in [2.05, 4.69) is 10.0 Å². The first-order chi connectivity index (χ1) is 15.0. The molecule has 172 valence electrons. The predicted octanol–water partition coefficient (Wildman–Crippen LogP) is 4.02. The second-order valence-corrected chi connectivity index (χ2v) is 11.0. The zero-order valence-corrected chi connectivity index (χ0v) is 19.8. The number of hydrogen-bond acceptors (Lipinski definition) is 4. The first-order valence-corrected chi connectivity index (χ1v) is 12.2. The molecule has 1 saturated heterocycles. The molecular weight excluding hydrogens is 426 g/mol. The lowest BCUT2D eigenvalue weighted by molar-refractivity contribution is -0.142. The molecule has 1 fully saturated rings. The quantitative estimate of drug-likeness (QED) is 0.709. The molecule has 1 atom stereocenters. The summed E-state index contributed by atoms with van der Waals surface area (Å²) < 4.78 is 27.6. The Morgan fingerprint density at radius 2 is 1.56 bits per heavy atom. The van der Waals surface area contributed by atoms with Gasteiger partial charge in [0.25, 0.3) is 10.0 Å². The van der Waals surface area contributed by atoms with E-state index >= 15 is 0 Å². The van der Waals surface area contributed by atoms with E-state index < -0.39 is 15.4 Å². The lowest BCUT2D eigenvalue weighted by Crippen LogP contribution is -2.47. The van der Waals surface area contributed by atoms with Gasteiger partial charge in [-0.25, -0.2) is 8.42 Å². The molecule has 0 spiro atoms. The number of benzene rings is 2. The molecule has 2 amide bonds. The van der Waals surface area contributed by atoms with Gasteiger partial charge in [0.1, 0.15) is 0 Å². The Labute approximate surface area is 190 Å². The standard InChI is InChI=1S/C24H31N3O4S/c1-17-7-13-21(14-8-17)32(30,31)26-20-11-9-19(10-12-20)25-22(28)18-6-5-15-27(16-18)23(29)24(2,3)4/h7-14,18,26H,5-6,15-16H2,1-4H3,(H,25,28). The van der Waals surface area contributed by atoms with Crippen LogP contribution in [-0.2, 0) is 19.6 Å². The monoisotopic (exact) mass is 457 g/mol. The van der Waals surface area contributed by atoms with E-state index in [4.69, 9.17) is 0 Å². The summed E-state index contributed by atoms with van der Waals surface area (Å²) in [7, 11) is -3.68. The molecular formula is C24H31N3O4S. The minimum absolute atomic E-state index is 0.0558. The third kappa shape index (κ3) is 5.88. The van der Waals surface area contributed by atoms with Gasteiger partial charge in [0.2, 0.25) is 11.8 Å². The van der Waals surface area contributed by atoms with Gasteiger partial charge in [-0.05, 0) is 56.2 Å². The van der Waals surface area contributed by atoms with Crippen molar-refractivity contribution in [2.45, 2.75) is 45.4 Å². The van der Waals surface area contributed by atoms with E-state index in [1.807, 2.05) is 27.7 Å². The molecule has 1 unspecified atom stereocenters. The lowest BCUT2D eigenvalue weighted by Gasteiger charge is -2.35. The average Bonchev–Trinajstić information content (AvgIpc) is 2.74. The van der Waals surface area contributed by atoms with Gasteiger partial charge in [-0.15, -0.1) is 0 Å². The summed E-state index contributed by atoms with van der Waals surface area (Å²) in [5.41, 5.74) is 1.49. The SMILES string of the molecule is Cc1ccc(S(=O)(=O)Nc2ccc(NC(=O)C3CCCN(C(=O)C(C)(C)C)C3)cc2)cc1. The van der Waals surface area contributed by atoms with Crippen LogP contribution in [0.15, 0.2) is 53.4 Å². The average molecular weight is 458 g/mol. The summed E-state index contributed by atoms with van der Waals surface area (Å²) in [6, 6.07) is 13.1. The fourth-order valence-corrected chi connectivity index (χ4v) is 4.71. The number of carbonyl (C=O) groups excluding carboxylic acids is 2. The Morgan fingerprint density at radius 3 is 2.16 bits per heavy atom. The topological polar surface area (TPSA) is 95.6 Å². The van der Waals surface area contributed by atoms with Crippen molar-refractivity contribution in [3.05, 3.63) is 54.1 Å². The van der Waals surface area contributed by atoms with Gasteiger partial charge in [-0.1, -0.05) is 38.5 Å². The number of likely N-dealkylation sites (tertiary alicyclic amines) is 1. The van der Waals surface area contributed by atoms with E-state index in [1.54, 1.807) is 53.4 Å². The molecule has 1 aliphatic rings. The van der Waals surface area contributed by atoms with Crippen molar-refractivity contribution in [2.24, 2.45) is 11.3 Å². The number of aryl methyl sites for hydroxylation is 1. The highest BCUT2D eigenvalue weighted by Crippen LogP contribution is 2.25.